The fourth-order valence-electron chi connectivity index (χ4n) is 4.86. The Morgan fingerprint density at radius 3 is 2.58 bits per heavy atom. The molecule has 0 radical (unpaired) electrons. The van der Waals surface area contributed by atoms with E-state index in [1.54, 1.807) is 6.07 Å². The van der Waals surface area contributed by atoms with Crippen molar-refractivity contribution in [2.24, 2.45) is 0 Å². The van der Waals surface area contributed by atoms with E-state index in [9.17, 15) is 9.90 Å². The Labute approximate surface area is 214 Å². The van der Waals surface area contributed by atoms with E-state index in [1.807, 2.05) is 37.3 Å². The molecule has 0 saturated carbocycles. The normalized spacial score (nSPS) is 19.6. The molecule has 3 aromatic rings. The van der Waals surface area contributed by atoms with Crippen LogP contribution >= 0.6 is 0 Å². The summed E-state index contributed by atoms with van der Waals surface area (Å²) in [4.78, 5) is 11.8. The lowest BCUT2D eigenvalue weighted by Gasteiger charge is -2.34. The number of aliphatic hydroxyl groups is 1. The first-order valence-electron chi connectivity index (χ1n) is 12.8. The van der Waals surface area contributed by atoms with Crippen LogP contribution in [0, 0.1) is 6.92 Å². The van der Waals surface area contributed by atoms with Gasteiger partial charge in [-0.1, -0.05) is 42.5 Å². The molecule has 1 aliphatic rings. The molecule has 5 heteroatoms. The number of hydrogen-bond donors (Lipinski definition) is 1. The Balaban J connectivity index is 1.42. The first-order valence-corrected chi connectivity index (χ1v) is 12.8. The van der Waals surface area contributed by atoms with Gasteiger partial charge in [-0.15, -0.1) is 0 Å². The Bertz CT molecular complexity index is 1150. The van der Waals surface area contributed by atoms with E-state index in [0.717, 1.165) is 36.1 Å². The lowest BCUT2D eigenvalue weighted by molar-refractivity contribution is -0.0998. The van der Waals surface area contributed by atoms with Crippen molar-refractivity contribution < 1.29 is 24.1 Å². The summed E-state index contributed by atoms with van der Waals surface area (Å²) >= 11 is 0. The third kappa shape index (κ3) is 6.74. The van der Waals surface area contributed by atoms with Crippen LogP contribution in [-0.2, 0) is 22.3 Å². The van der Waals surface area contributed by atoms with Crippen LogP contribution in [0.3, 0.4) is 0 Å². The van der Waals surface area contributed by atoms with Crippen molar-refractivity contribution in [3.05, 3.63) is 100 Å². The fourth-order valence-corrected chi connectivity index (χ4v) is 4.86. The molecule has 0 aromatic heterocycles. The van der Waals surface area contributed by atoms with Crippen LogP contribution in [0.2, 0.25) is 0 Å². The van der Waals surface area contributed by atoms with Crippen molar-refractivity contribution >= 4 is 5.97 Å². The lowest BCUT2D eigenvalue weighted by atomic mass is 9.91. The highest BCUT2D eigenvalue weighted by molar-refractivity contribution is 5.89. The Kier molecular flexibility index (Phi) is 8.79. The molecule has 190 valence electrons. The number of ether oxygens (including phenoxy) is 3. The standard InChI is InChI=1S/C31H36O5/c1-4-35-28-13-9-23(10-14-28)17-26-18-24(12-8-21(26)2)30-20-27(32)19-29(36-30)15-11-22-6-5-7-25(16-22)31(33)34-3/h5-10,12-14,16,18,27,29-30,32H,4,11,15,17,19-20H2,1-3H3/t27?,29-,30-/m1/s1. The Hall–Kier alpha value is -3.15. The zero-order valence-corrected chi connectivity index (χ0v) is 21.4. The van der Waals surface area contributed by atoms with E-state index in [-0.39, 0.29) is 18.2 Å². The maximum atomic E-state index is 11.8. The van der Waals surface area contributed by atoms with Crippen molar-refractivity contribution in [3.63, 3.8) is 0 Å². The molecule has 1 heterocycles. The molecule has 1 saturated heterocycles. The van der Waals surface area contributed by atoms with Crippen LogP contribution in [0.15, 0.2) is 66.7 Å². The van der Waals surface area contributed by atoms with Crippen LogP contribution < -0.4 is 4.74 Å². The van der Waals surface area contributed by atoms with Gasteiger partial charge < -0.3 is 19.3 Å². The van der Waals surface area contributed by atoms with Gasteiger partial charge in [0.15, 0.2) is 0 Å². The Morgan fingerprint density at radius 2 is 1.83 bits per heavy atom. The van der Waals surface area contributed by atoms with Crippen molar-refractivity contribution in [2.45, 2.75) is 64.3 Å². The molecular weight excluding hydrogens is 452 g/mol. The van der Waals surface area contributed by atoms with E-state index in [2.05, 4.69) is 37.3 Å². The first-order chi connectivity index (χ1) is 17.4. The second-order valence-electron chi connectivity index (χ2n) is 9.54. The molecule has 0 bridgehead atoms. The minimum Gasteiger partial charge on any atom is -0.494 e. The van der Waals surface area contributed by atoms with Gasteiger partial charge in [0.2, 0.25) is 0 Å². The first kappa shape index (κ1) is 25.9. The van der Waals surface area contributed by atoms with Crippen molar-refractivity contribution in [2.75, 3.05) is 13.7 Å². The second kappa shape index (κ2) is 12.2. The van der Waals surface area contributed by atoms with Gasteiger partial charge in [0.25, 0.3) is 0 Å². The fraction of sp³-hybridized carbons (Fsp3) is 0.387. The number of carbonyl (C=O) groups is 1. The van der Waals surface area contributed by atoms with Crippen molar-refractivity contribution in [1.82, 2.24) is 0 Å². The number of esters is 1. The van der Waals surface area contributed by atoms with Crippen LogP contribution in [0.5, 0.6) is 5.75 Å². The van der Waals surface area contributed by atoms with Crippen LogP contribution in [0.1, 0.15) is 70.5 Å². The molecule has 1 unspecified atom stereocenters. The van der Waals surface area contributed by atoms with Crippen molar-refractivity contribution in [3.8, 4) is 5.75 Å². The van der Waals surface area contributed by atoms with E-state index in [1.165, 1.54) is 23.8 Å². The van der Waals surface area contributed by atoms with Gasteiger partial charge in [0.1, 0.15) is 5.75 Å². The summed E-state index contributed by atoms with van der Waals surface area (Å²) in [7, 11) is 1.39. The van der Waals surface area contributed by atoms with Gasteiger partial charge in [0.05, 0.1) is 37.6 Å². The number of aryl methyl sites for hydroxylation is 2. The average Bonchev–Trinajstić information content (AvgIpc) is 2.89. The average molecular weight is 489 g/mol. The van der Waals surface area contributed by atoms with Gasteiger partial charge in [-0.2, -0.15) is 0 Å². The summed E-state index contributed by atoms with van der Waals surface area (Å²) in [5, 5.41) is 10.6. The third-order valence-corrected chi connectivity index (χ3v) is 6.85. The van der Waals surface area contributed by atoms with E-state index in [4.69, 9.17) is 14.2 Å². The molecule has 0 spiro atoms. The molecule has 36 heavy (non-hydrogen) atoms. The highest BCUT2D eigenvalue weighted by Gasteiger charge is 2.29. The molecule has 1 N–H and O–H groups in total. The molecule has 5 nitrogen and oxygen atoms in total. The third-order valence-electron chi connectivity index (χ3n) is 6.85. The lowest BCUT2D eigenvalue weighted by Crippen LogP contribution is -2.31. The SMILES string of the molecule is CCOc1ccc(Cc2cc([C@H]3CC(O)C[C@@H](CCc4cccc(C(=O)OC)c4)O3)ccc2C)cc1. The number of aliphatic hydroxyl groups excluding tert-OH is 1. The van der Waals surface area contributed by atoms with E-state index >= 15 is 0 Å². The maximum Gasteiger partial charge on any atom is 0.337 e. The van der Waals surface area contributed by atoms with Gasteiger partial charge in [-0.25, -0.2) is 4.79 Å². The molecule has 3 atom stereocenters. The number of hydrogen-bond acceptors (Lipinski definition) is 5. The minimum absolute atomic E-state index is 0.0450. The monoisotopic (exact) mass is 488 g/mol. The van der Waals surface area contributed by atoms with Crippen molar-refractivity contribution in [1.29, 1.82) is 0 Å². The predicted octanol–water partition coefficient (Wildman–Crippen LogP) is 5.98. The summed E-state index contributed by atoms with van der Waals surface area (Å²) in [5.41, 5.74) is 6.46. The number of rotatable bonds is 9. The molecule has 4 rings (SSSR count). The van der Waals surface area contributed by atoms with Gasteiger partial charge in [-0.3, -0.25) is 0 Å². The predicted molar refractivity (Wildman–Crippen MR) is 141 cm³/mol. The number of benzene rings is 3. The summed E-state index contributed by atoms with van der Waals surface area (Å²) in [6, 6.07) is 22.3. The summed E-state index contributed by atoms with van der Waals surface area (Å²) in [6.07, 6.45) is 3.02. The van der Waals surface area contributed by atoms with Gasteiger partial charge in [-0.05, 0) is 91.6 Å². The largest absolute Gasteiger partial charge is 0.494 e. The second-order valence-corrected chi connectivity index (χ2v) is 9.54. The zero-order valence-electron chi connectivity index (χ0n) is 21.4. The van der Waals surface area contributed by atoms with Gasteiger partial charge in [0, 0.05) is 6.42 Å². The molecule has 3 aromatic carbocycles. The highest BCUT2D eigenvalue weighted by atomic mass is 16.5. The smallest absolute Gasteiger partial charge is 0.337 e. The molecule has 1 aliphatic heterocycles. The summed E-state index contributed by atoms with van der Waals surface area (Å²) in [5.74, 6) is 0.557. The number of methoxy groups -OCH3 is 1. The molecule has 0 aliphatic carbocycles. The van der Waals surface area contributed by atoms with Gasteiger partial charge >= 0.3 is 5.97 Å². The topological polar surface area (TPSA) is 65.0 Å². The quantitative estimate of drug-likeness (QED) is 0.375. The van der Waals surface area contributed by atoms with Crippen LogP contribution in [0.4, 0.5) is 0 Å². The molecule has 0 amide bonds. The van der Waals surface area contributed by atoms with E-state index in [0.29, 0.717) is 25.0 Å². The Morgan fingerprint density at radius 1 is 1.03 bits per heavy atom. The maximum absolute atomic E-state index is 11.8. The van der Waals surface area contributed by atoms with Crippen LogP contribution in [0.25, 0.3) is 0 Å². The summed E-state index contributed by atoms with van der Waals surface area (Å²) < 4.78 is 16.9. The minimum atomic E-state index is -0.397. The zero-order chi connectivity index (χ0) is 25.5. The van der Waals surface area contributed by atoms with Crippen LogP contribution in [-0.4, -0.2) is 37.0 Å². The number of carbonyl (C=O) groups excluding carboxylic acids is 1. The highest BCUT2D eigenvalue weighted by Crippen LogP contribution is 2.34. The van der Waals surface area contributed by atoms with E-state index < -0.39 is 6.10 Å². The molecular formula is C31H36O5. The summed E-state index contributed by atoms with van der Waals surface area (Å²) in [6.45, 7) is 4.78. The molecule has 1 fully saturated rings.